The van der Waals surface area contributed by atoms with Crippen molar-refractivity contribution in [2.24, 2.45) is 0 Å². The molecule has 0 aliphatic heterocycles. The van der Waals surface area contributed by atoms with Gasteiger partial charge in [-0.25, -0.2) is 9.36 Å². The van der Waals surface area contributed by atoms with Gasteiger partial charge in [-0.15, -0.1) is 10.2 Å². The molecule has 2 aromatic heterocycles. The second kappa shape index (κ2) is 6.93. The highest BCUT2D eigenvalue weighted by molar-refractivity contribution is 7.11. The van der Waals surface area contributed by atoms with Gasteiger partial charge < -0.3 is 4.74 Å². The van der Waals surface area contributed by atoms with Crippen LogP contribution in [0.5, 0.6) is 11.5 Å². The molecule has 0 N–H and O–H groups in total. The van der Waals surface area contributed by atoms with Crippen LogP contribution in [0.2, 0.25) is 0 Å². The predicted molar refractivity (Wildman–Crippen MR) is 96.5 cm³/mol. The monoisotopic (exact) mass is 366 g/mol. The minimum Gasteiger partial charge on any atom is -0.457 e. The Balaban J connectivity index is 1.66. The zero-order valence-electron chi connectivity index (χ0n) is 13.8. The Morgan fingerprint density at radius 2 is 1.88 bits per heavy atom. The highest BCUT2D eigenvalue weighted by Crippen LogP contribution is 2.26. The largest absolute Gasteiger partial charge is 0.457 e. The fourth-order valence-corrected chi connectivity index (χ4v) is 3.17. The van der Waals surface area contributed by atoms with Crippen LogP contribution in [0.4, 0.5) is 0 Å². The summed E-state index contributed by atoms with van der Waals surface area (Å²) in [5, 5.41) is 13.5. The molecule has 0 fully saturated rings. The highest BCUT2D eigenvalue weighted by atomic mass is 32.1. The van der Waals surface area contributed by atoms with Crippen molar-refractivity contribution < 1.29 is 9.26 Å². The molecule has 0 atom stereocenters. The lowest BCUT2D eigenvalue weighted by Crippen LogP contribution is -2.16. The Morgan fingerprint density at radius 3 is 2.65 bits per heavy atom. The molecule has 0 saturated heterocycles. The lowest BCUT2D eigenvalue weighted by atomic mass is 10.2. The van der Waals surface area contributed by atoms with Gasteiger partial charge in [-0.3, -0.25) is 4.52 Å². The summed E-state index contributed by atoms with van der Waals surface area (Å²) >= 11 is 1.43. The summed E-state index contributed by atoms with van der Waals surface area (Å²) in [5.74, 6) is 1.25. The molecule has 0 unspecified atom stereocenters. The first-order valence-corrected chi connectivity index (χ1v) is 8.69. The Bertz CT molecular complexity index is 1090. The molecular formula is C18H14N4O3S. The molecular weight excluding hydrogens is 352 g/mol. The molecule has 0 radical (unpaired) electrons. The van der Waals surface area contributed by atoms with E-state index in [1.54, 1.807) is 0 Å². The minimum atomic E-state index is -0.540. The maximum Gasteiger partial charge on any atom is 0.442 e. The molecule has 130 valence electrons. The number of hydrogen-bond acceptors (Lipinski definition) is 7. The maximum absolute atomic E-state index is 12.1. The zero-order chi connectivity index (χ0) is 17.9. The first kappa shape index (κ1) is 16.2. The number of ether oxygens (including phenoxy) is 1. The molecule has 0 bridgehead atoms. The van der Waals surface area contributed by atoms with Crippen LogP contribution in [0, 0.1) is 6.92 Å². The normalized spacial score (nSPS) is 10.8. The smallest absolute Gasteiger partial charge is 0.442 e. The molecule has 0 saturated carbocycles. The molecule has 7 nitrogen and oxygen atoms in total. The lowest BCUT2D eigenvalue weighted by Gasteiger charge is -2.07. The summed E-state index contributed by atoms with van der Waals surface area (Å²) in [6, 6.07) is 16.8. The number of aromatic nitrogens is 4. The van der Waals surface area contributed by atoms with E-state index in [-0.39, 0.29) is 6.54 Å². The van der Waals surface area contributed by atoms with E-state index in [2.05, 4.69) is 15.4 Å². The van der Waals surface area contributed by atoms with E-state index in [4.69, 9.17) is 9.26 Å². The number of hydrogen-bond donors (Lipinski definition) is 0. The lowest BCUT2D eigenvalue weighted by molar-refractivity contribution is 0.378. The molecule has 0 spiro atoms. The summed E-state index contributed by atoms with van der Waals surface area (Å²) in [6.45, 7) is 2.12. The van der Waals surface area contributed by atoms with Crippen LogP contribution in [0.3, 0.4) is 0 Å². The van der Waals surface area contributed by atoms with Gasteiger partial charge in [0.1, 0.15) is 21.5 Å². The van der Waals surface area contributed by atoms with Crippen molar-refractivity contribution in [1.29, 1.82) is 0 Å². The van der Waals surface area contributed by atoms with E-state index in [1.165, 1.54) is 15.9 Å². The molecule has 2 aromatic carbocycles. The third-order valence-electron chi connectivity index (χ3n) is 3.62. The van der Waals surface area contributed by atoms with Gasteiger partial charge in [0.2, 0.25) is 0 Å². The number of para-hydroxylation sites is 1. The standard InChI is InChI=1S/C18H14N4O3S/c1-12-19-20-16(26-12)11-22-17(21-25-18(22)23)13-6-5-9-15(10-13)24-14-7-3-2-4-8-14/h2-10H,11H2,1H3. The van der Waals surface area contributed by atoms with Crippen LogP contribution < -0.4 is 10.5 Å². The number of aryl methyl sites for hydroxylation is 1. The molecule has 0 amide bonds. The van der Waals surface area contributed by atoms with Gasteiger partial charge in [0.15, 0.2) is 5.82 Å². The number of rotatable bonds is 5. The topological polar surface area (TPSA) is 83.0 Å². The van der Waals surface area contributed by atoms with Crippen LogP contribution in [0.25, 0.3) is 11.4 Å². The Hall–Kier alpha value is -3.26. The van der Waals surface area contributed by atoms with Crippen molar-refractivity contribution in [3.63, 3.8) is 0 Å². The minimum absolute atomic E-state index is 0.257. The van der Waals surface area contributed by atoms with Crippen molar-refractivity contribution in [2.45, 2.75) is 13.5 Å². The fourth-order valence-electron chi connectivity index (χ4n) is 2.48. The second-order valence-corrected chi connectivity index (χ2v) is 6.78. The molecule has 8 heteroatoms. The Kier molecular flexibility index (Phi) is 4.32. The van der Waals surface area contributed by atoms with Gasteiger partial charge in [-0.05, 0) is 31.2 Å². The Labute approximate surface area is 152 Å². The van der Waals surface area contributed by atoms with Crippen LogP contribution in [0.15, 0.2) is 63.9 Å². The first-order valence-electron chi connectivity index (χ1n) is 7.88. The van der Waals surface area contributed by atoms with Gasteiger partial charge in [-0.2, -0.15) is 0 Å². The van der Waals surface area contributed by atoms with Crippen LogP contribution in [-0.2, 0) is 6.54 Å². The molecule has 0 aliphatic rings. The van der Waals surface area contributed by atoms with E-state index < -0.39 is 5.76 Å². The number of benzene rings is 2. The van der Waals surface area contributed by atoms with Gasteiger partial charge in [0, 0.05) is 5.56 Å². The van der Waals surface area contributed by atoms with Crippen LogP contribution >= 0.6 is 11.3 Å². The van der Waals surface area contributed by atoms with Crippen LogP contribution in [0.1, 0.15) is 10.0 Å². The maximum atomic E-state index is 12.1. The Morgan fingerprint density at radius 1 is 1.08 bits per heavy atom. The van der Waals surface area contributed by atoms with Crippen molar-refractivity contribution in [1.82, 2.24) is 19.9 Å². The summed E-state index contributed by atoms with van der Waals surface area (Å²) in [5.41, 5.74) is 0.713. The third kappa shape index (κ3) is 3.40. The third-order valence-corrected chi connectivity index (χ3v) is 4.44. The van der Waals surface area contributed by atoms with E-state index in [1.807, 2.05) is 61.5 Å². The summed E-state index contributed by atoms with van der Waals surface area (Å²) in [7, 11) is 0. The molecule has 4 aromatic rings. The van der Waals surface area contributed by atoms with Crippen molar-refractivity contribution in [3.05, 3.63) is 75.2 Å². The van der Waals surface area contributed by atoms with Crippen molar-refractivity contribution in [3.8, 4) is 22.9 Å². The molecule has 2 heterocycles. The van der Waals surface area contributed by atoms with E-state index in [0.29, 0.717) is 22.1 Å². The van der Waals surface area contributed by atoms with E-state index in [9.17, 15) is 4.79 Å². The quantitative estimate of drug-likeness (QED) is 0.537. The zero-order valence-corrected chi connectivity index (χ0v) is 14.6. The average Bonchev–Trinajstić information content (AvgIpc) is 3.22. The van der Waals surface area contributed by atoms with Crippen LogP contribution in [-0.4, -0.2) is 19.9 Å². The number of nitrogens with zero attached hydrogens (tertiary/aromatic N) is 4. The summed E-state index contributed by atoms with van der Waals surface area (Å²) < 4.78 is 12.1. The average molecular weight is 366 g/mol. The highest BCUT2D eigenvalue weighted by Gasteiger charge is 2.15. The first-order chi connectivity index (χ1) is 12.7. The summed E-state index contributed by atoms with van der Waals surface area (Å²) in [6.07, 6.45) is 0. The fraction of sp³-hybridized carbons (Fsp3) is 0.111. The molecule has 0 aliphatic carbocycles. The SMILES string of the molecule is Cc1nnc(Cn2c(-c3cccc(Oc4ccccc4)c3)noc2=O)s1. The summed E-state index contributed by atoms with van der Waals surface area (Å²) in [4.78, 5) is 12.1. The van der Waals surface area contributed by atoms with Gasteiger partial charge in [0.25, 0.3) is 0 Å². The van der Waals surface area contributed by atoms with Gasteiger partial charge >= 0.3 is 5.76 Å². The predicted octanol–water partition coefficient (Wildman–Crippen LogP) is 3.50. The van der Waals surface area contributed by atoms with Gasteiger partial charge in [0.05, 0.1) is 6.54 Å². The van der Waals surface area contributed by atoms with Crippen molar-refractivity contribution in [2.75, 3.05) is 0 Å². The van der Waals surface area contributed by atoms with E-state index in [0.717, 1.165) is 10.8 Å². The second-order valence-electron chi connectivity index (χ2n) is 5.52. The molecule has 4 rings (SSSR count). The van der Waals surface area contributed by atoms with E-state index >= 15 is 0 Å². The molecule has 26 heavy (non-hydrogen) atoms. The van der Waals surface area contributed by atoms with Crippen molar-refractivity contribution >= 4 is 11.3 Å². The van der Waals surface area contributed by atoms with Gasteiger partial charge in [-0.1, -0.05) is 46.8 Å².